The maximum Gasteiger partial charge on any atom is 0.224 e. The van der Waals surface area contributed by atoms with Crippen LogP contribution in [0.15, 0.2) is 18.2 Å². The van der Waals surface area contributed by atoms with Gasteiger partial charge >= 0.3 is 0 Å². The Kier molecular flexibility index (Phi) is 3.99. The quantitative estimate of drug-likeness (QED) is 0.851. The summed E-state index contributed by atoms with van der Waals surface area (Å²) in [7, 11) is 4.01. The molecular formula is C14H18ClN5. The molecule has 0 amide bonds. The number of aryl methyl sites for hydroxylation is 2. The van der Waals surface area contributed by atoms with Crippen LogP contribution >= 0.6 is 11.6 Å². The standard InChI is InChI=1S/C14H18ClN5/c1-8-5-6-10(7-11(8)20(3)4)18-13-12(16)9(2)17-14(15)19-13/h5-7H,16H2,1-4H3,(H,17,18,19). The normalized spacial score (nSPS) is 10.4. The molecule has 0 saturated heterocycles. The molecule has 0 unspecified atom stereocenters. The third-order valence-corrected chi connectivity index (χ3v) is 3.23. The topological polar surface area (TPSA) is 67.1 Å². The van der Waals surface area contributed by atoms with Crippen molar-refractivity contribution in [2.24, 2.45) is 0 Å². The molecular weight excluding hydrogens is 274 g/mol. The molecule has 0 bridgehead atoms. The first-order valence-corrected chi connectivity index (χ1v) is 6.61. The van der Waals surface area contributed by atoms with Crippen molar-refractivity contribution < 1.29 is 0 Å². The largest absolute Gasteiger partial charge is 0.394 e. The molecule has 0 radical (unpaired) electrons. The zero-order valence-electron chi connectivity index (χ0n) is 12.0. The number of nitrogens with two attached hydrogens (primary N) is 1. The number of rotatable bonds is 3. The number of anilines is 4. The van der Waals surface area contributed by atoms with Crippen LogP contribution in [-0.4, -0.2) is 24.1 Å². The average molecular weight is 292 g/mol. The van der Waals surface area contributed by atoms with Crippen LogP contribution in [0.1, 0.15) is 11.3 Å². The van der Waals surface area contributed by atoms with E-state index in [0.29, 0.717) is 17.2 Å². The maximum atomic E-state index is 5.97. The molecule has 0 fully saturated rings. The van der Waals surface area contributed by atoms with Crippen molar-refractivity contribution in [3.8, 4) is 0 Å². The highest BCUT2D eigenvalue weighted by Crippen LogP contribution is 2.28. The molecule has 2 rings (SSSR count). The van der Waals surface area contributed by atoms with Gasteiger partial charge in [-0.2, -0.15) is 4.98 Å². The molecule has 2 aromatic rings. The molecule has 5 nitrogen and oxygen atoms in total. The number of hydrogen-bond acceptors (Lipinski definition) is 5. The Morgan fingerprint density at radius 2 is 1.90 bits per heavy atom. The molecule has 1 aromatic carbocycles. The summed E-state index contributed by atoms with van der Waals surface area (Å²) in [5.74, 6) is 0.524. The number of benzene rings is 1. The van der Waals surface area contributed by atoms with Gasteiger partial charge in [-0.25, -0.2) is 4.98 Å². The van der Waals surface area contributed by atoms with E-state index < -0.39 is 0 Å². The highest BCUT2D eigenvalue weighted by Gasteiger charge is 2.09. The third-order valence-electron chi connectivity index (χ3n) is 3.06. The predicted octanol–water partition coefficient (Wildman–Crippen LogP) is 3.14. The molecule has 0 aliphatic rings. The van der Waals surface area contributed by atoms with E-state index in [0.717, 1.165) is 11.4 Å². The van der Waals surface area contributed by atoms with Crippen LogP contribution in [0.2, 0.25) is 5.28 Å². The Morgan fingerprint density at radius 3 is 2.55 bits per heavy atom. The van der Waals surface area contributed by atoms with Crippen molar-refractivity contribution in [3.63, 3.8) is 0 Å². The number of aromatic nitrogens is 2. The van der Waals surface area contributed by atoms with E-state index in [1.807, 2.05) is 32.3 Å². The zero-order chi connectivity index (χ0) is 14.9. The van der Waals surface area contributed by atoms with E-state index in [9.17, 15) is 0 Å². The Hall–Kier alpha value is -2.01. The smallest absolute Gasteiger partial charge is 0.224 e. The Bertz CT molecular complexity index is 640. The molecule has 1 heterocycles. The Morgan fingerprint density at radius 1 is 1.20 bits per heavy atom. The van der Waals surface area contributed by atoms with E-state index in [1.165, 1.54) is 5.56 Å². The van der Waals surface area contributed by atoms with E-state index in [4.69, 9.17) is 17.3 Å². The van der Waals surface area contributed by atoms with Gasteiger partial charge in [0.15, 0.2) is 5.82 Å². The van der Waals surface area contributed by atoms with Crippen LogP contribution in [0.5, 0.6) is 0 Å². The fraction of sp³-hybridized carbons (Fsp3) is 0.286. The van der Waals surface area contributed by atoms with Crippen molar-refractivity contribution in [2.75, 3.05) is 30.0 Å². The Labute approximate surface area is 123 Å². The fourth-order valence-corrected chi connectivity index (χ4v) is 2.16. The van der Waals surface area contributed by atoms with Crippen LogP contribution < -0.4 is 16.0 Å². The van der Waals surface area contributed by atoms with Crippen LogP contribution in [0.4, 0.5) is 22.9 Å². The number of halogens is 1. The van der Waals surface area contributed by atoms with Crippen molar-refractivity contribution in [1.29, 1.82) is 0 Å². The van der Waals surface area contributed by atoms with Crippen LogP contribution in [0.25, 0.3) is 0 Å². The van der Waals surface area contributed by atoms with Gasteiger partial charge in [-0.3, -0.25) is 0 Å². The van der Waals surface area contributed by atoms with Crippen molar-refractivity contribution >= 4 is 34.5 Å². The molecule has 1 aromatic heterocycles. The van der Waals surface area contributed by atoms with Crippen LogP contribution in [0, 0.1) is 13.8 Å². The van der Waals surface area contributed by atoms with Gasteiger partial charge in [0.25, 0.3) is 0 Å². The second-order valence-electron chi connectivity index (χ2n) is 4.86. The molecule has 20 heavy (non-hydrogen) atoms. The summed E-state index contributed by atoms with van der Waals surface area (Å²) in [5.41, 5.74) is 10.4. The number of hydrogen-bond donors (Lipinski definition) is 2. The molecule has 0 saturated carbocycles. The third kappa shape index (κ3) is 2.93. The molecule has 0 aliphatic heterocycles. The predicted molar refractivity (Wildman–Crippen MR) is 85.0 cm³/mol. The summed E-state index contributed by atoms with van der Waals surface area (Å²) in [6, 6.07) is 6.07. The van der Waals surface area contributed by atoms with Gasteiger partial charge in [-0.05, 0) is 43.1 Å². The summed E-state index contributed by atoms with van der Waals surface area (Å²) in [5, 5.41) is 3.37. The maximum absolute atomic E-state index is 5.97. The highest BCUT2D eigenvalue weighted by atomic mass is 35.5. The summed E-state index contributed by atoms with van der Waals surface area (Å²) < 4.78 is 0. The second kappa shape index (κ2) is 5.54. The lowest BCUT2D eigenvalue weighted by molar-refractivity contribution is 1.10. The van der Waals surface area contributed by atoms with Gasteiger partial charge in [0.1, 0.15) is 0 Å². The summed E-state index contributed by atoms with van der Waals surface area (Å²) in [6.07, 6.45) is 0. The molecule has 0 spiro atoms. The number of nitrogen functional groups attached to an aromatic ring is 1. The van der Waals surface area contributed by atoms with E-state index in [1.54, 1.807) is 6.92 Å². The number of nitrogens with one attached hydrogen (secondary N) is 1. The van der Waals surface area contributed by atoms with Gasteiger partial charge in [0, 0.05) is 25.5 Å². The van der Waals surface area contributed by atoms with Gasteiger partial charge in [0.05, 0.1) is 11.4 Å². The van der Waals surface area contributed by atoms with Gasteiger partial charge in [0.2, 0.25) is 5.28 Å². The SMILES string of the molecule is Cc1ccc(Nc2nc(Cl)nc(C)c2N)cc1N(C)C. The molecule has 0 atom stereocenters. The number of nitrogens with zero attached hydrogens (tertiary/aromatic N) is 3. The van der Waals surface area contributed by atoms with E-state index in [-0.39, 0.29) is 5.28 Å². The first kappa shape index (κ1) is 14.4. The van der Waals surface area contributed by atoms with Crippen molar-refractivity contribution in [3.05, 3.63) is 34.7 Å². The van der Waals surface area contributed by atoms with Crippen LogP contribution in [0.3, 0.4) is 0 Å². The van der Waals surface area contributed by atoms with Crippen molar-refractivity contribution in [2.45, 2.75) is 13.8 Å². The molecule has 3 N–H and O–H groups in total. The lowest BCUT2D eigenvalue weighted by atomic mass is 10.1. The zero-order valence-corrected chi connectivity index (χ0v) is 12.8. The second-order valence-corrected chi connectivity index (χ2v) is 5.20. The van der Waals surface area contributed by atoms with Gasteiger partial charge in [-0.1, -0.05) is 6.07 Å². The minimum Gasteiger partial charge on any atom is -0.394 e. The average Bonchev–Trinajstić information content (AvgIpc) is 2.37. The van der Waals surface area contributed by atoms with Crippen LogP contribution in [-0.2, 0) is 0 Å². The van der Waals surface area contributed by atoms with Gasteiger partial charge in [-0.15, -0.1) is 0 Å². The van der Waals surface area contributed by atoms with E-state index in [2.05, 4.69) is 27.1 Å². The highest BCUT2D eigenvalue weighted by molar-refractivity contribution is 6.28. The first-order chi connectivity index (χ1) is 9.38. The monoisotopic (exact) mass is 291 g/mol. The van der Waals surface area contributed by atoms with E-state index >= 15 is 0 Å². The summed E-state index contributed by atoms with van der Waals surface area (Å²) in [6.45, 7) is 3.87. The lowest BCUT2D eigenvalue weighted by Gasteiger charge is -2.18. The molecule has 106 valence electrons. The summed E-state index contributed by atoms with van der Waals surface area (Å²) >= 11 is 5.87. The fourth-order valence-electron chi connectivity index (χ4n) is 1.95. The Balaban J connectivity index is 2.38. The molecule has 6 heteroatoms. The lowest BCUT2D eigenvalue weighted by Crippen LogP contribution is -2.11. The minimum atomic E-state index is 0.180. The van der Waals surface area contributed by atoms with Gasteiger partial charge < -0.3 is 16.0 Å². The minimum absolute atomic E-state index is 0.180. The summed E-state index contributed by atoms with van der Waals surface area (Å²) in [4.78, 5) is 10.2. The molecule has 0 aliphatic carbocycles. The van der Waals surface area contributed by atoms with Crippen molar-refractivity contribution in [1.82, 2.24) is 9.97 Å². The first-order valence-electron chi connectivity index (χ1n) is 6.23.